The number of benzene rings is 1. The molecule has 1 N–H and O–H groups in total. The fraction of sp³-hybridized carbons (Fsp3) is 0.694. The van der Waals surface area contributed by atoms with Gasteiger partial charge in [-0.2, -0.15) is 0 Å². The first-order valence-corrected chi connectivity index (χ1v) is 20.7. The van der Waals surface area contributed by atoms with Gasteiger partial charge >= 0.3 is 5.97 Å². The molecule has 46 heavy (non-hydrogen) atoms. The lowest BCUT2D eigenvalue weighted by Crippen LogP contribution is -2.72. The number of nitrogens with zero attached hydrogens (tertiary/aromatic N) is 1. The molecule has 0 radical (unpaired) electrons. The average Bonchev–Trinajstić information content (AvgIpc) is 3.03. The number of ether oxygens (including phenoxy) is 2. The molecule has 0 bridgehead atoms. The first-order valence-electron chi connectivity index (χ1n) is 17.4. The average molecular weight is 677 g/mol. The summed E-state index contributed by atoms with van der Waals surface area (Å²) in [7, 11) is 0. The van der Waals surface area contributed by atoms with Crippen LogP contribution in [-0.4, -0.2) is 87.9 Å². The summed E-state index contributed by atoms with van der Waals surface area (Å²) in [4.78, 5) is 56.8. The van der Waals surface area contributed by atoms with E-state index in [0.717, 1.165) is 75.4 Å². The van der Waals surface area contributed by atoms with E-state index in [1.807, 2.05) is 51.1 Å². The lowest BCUT2D eigenvalue weighted by Gasteiger charge is -2.49. The maximum atomic E-state index is 14.4. The van der Waals surface area contributed by atoms with E-state index in [2.05, 4.69) is 26.1 Å². The quantitative estimate of drug-likeness (QED) is 0.106. The molecule has 1 aromatic carbocycles. The lowest BCUT2D eigenvalue weighted by atomic mass is 10.1. The number of carbonyl (C=O) groups is 4. The number of carbonyl (C=O) groups excluding carboxylic acids is 4. The van der Waals surface area contributed by atoms with Crippen molar-refractivity contribution < 1.29 is 28.7 Å². The van der Waals surface area contributed by atoms with Gasteiger partial charge < -0.3 is 14.8 Å². The fourth-order valence-corrected chi connectivity index (χ4v) is 12.7. The van der Waals surface area contributed by atoms with E-state index in [4.69, 9.17) is 9.47 Å². The lowest BCUT2D eigenvalue weighted by molar-refractivity contribution is -0.151. The summed E-state index contributed by atoms with van der Waals surface area (Å²) in [5.74, 6) is -0.870. The third-order valence-electron chi connectivity index (χ3n) is 8.58. The van der Waals surface area contributed by atoms with Crippen molar-refractivity contribution in [2.24, 2.45) is 0 Å². The molecular weight excluding hydrogens is 619 g/mol. The largest absolute Gasteiger partial charge is 0.455 e. The van der Waals surface area contributed by atoms with Gasteiger partial charge in [-0.05, 0) is 83.3 Å². The Hall–Kier alpha value is -2.09. The van der Waals surface area contributed by atoms with E-state index in [0.29, 0.717) is 18.4 Å². The molecule has 2 amide bonds. The molecule has 0 spiro atoms. The van der Waals surface area contributed by atoms with Gasteiger partial charge in [0.15, 0.2) is 5.78 Å². The van der Waals surface area contributed by atoms with Crippen LogP contribution in [0.5, 0.6) is 0 Å². The van der Waals surface area contributed by atoms with Gasteiger partial charge in [0.05, 0.1) is 12.2 Å². The minimum atomic E-state index is -2.17. The predicted molar refractivity (Wildman–Crippen MR) is 191 cm³/mol. The summed E-state index contributed by atoms with van der Waals surface area (Å²) < 4.78 is 11.9. The molecule has 0 aromatic heterocycles. The second-order valence-electron chi connectivity index (χ2n) is 13.6. The summed E-state index contributed by atoms with van der Waals surface area (Å²) in [6.45, 7) is 10.4. The first-order chi connectivity index (χ1) is 22.0. The number of hydrogen-bond donors (Lipinski definition) is 1. The first kappa shape index (κ1) is 38.4. The van der Waals surface area contributed by atoms with Crippen LogP contribution in [0.15, 0.2) is 30.3 Å². The van der Waals surface area contributed by atoms with Crippen LogP contribution in [0.1, 0.15) is 105 Å². The molecule has 1 aromatic rings. The molecule has 3 rings (SSSR count). The van der Waals surface area contributed by atoms with Crippen molar-refractivity contribution in [3.63, 3.8) is 0 Å². The Bertz CT molecular complexity index is 1200. The molecule has 10 heteroatoms. The Morgan fingerprint density at radius 3 is 2.11 bits per heavy atom. The van der Waals surface area contributed by atoms with Crippen LogP contribution in [0.3, 0.4) is 0 Å². The number of rotatable bonds is 18. The molecule has 0 unspecified atom stereocenters. The fourth-order valence-electron chi connectivity index (χ4n) is 6.13. The number of esters is 1. The Balaban J connectivity index is 2.08. The molecule has 258 valence electrons. The predicted octanol–water partition coefficient (Wildman–Crippen LogP) is 6.64. The number of ketones is 1. The molecule has 2 heterocycles. The van der Waals surface area contributed by atoms with Gasteiger partial charge in [0.2, 0.25) is 5.91 Å². The highest BCUT2D eigenvalue weighted by Crippen LogP contribution is 2.54. The smallest absolute Gasteiger partial charge is 0.355 e. The minimum absolute atomic E-state index is 0.0128. The van der Waals surface area contributed by atoms with Gasteiger partial charge in [0.1, 0.15) is 28.5 Å². The third-order valence-corrected chi connectivity index (χ3v) is 14.7. The van der Waals surface area contributed by atoms with E-state index in [9.17, 15) is 19.2 Å². The van der Waals surface area contributed by atoms with E-state index in [-0.39, 0.29) is 29.8 Å². The van der Waals surface area contributed by atoms with Crippen molar-refractivity contribution in [3.8, 4) is 0 Å². The molecule has 8 nitrogen and oxygen atoms in total. The zero-order chi connectivity index (χ0) is 33.7. The normalized spacial score (nSPS) is 20.2. The zero-order valence-electron chi connectivity index (χ0n) is 29.0. The SMILES string of the molecule is CCCCP(CCCC)(CCCC)=C(C(=O)OC(C)(C)C)N1C(=O)[C@@H](NC(=O)Cc2ccccc2)[C@H]1SCC(=O)[C@H]1CCCCO1. The van der Waals surface area contributed by atoms with Crippen LogP contribution < -0.4 is 5.32 Å². The van der Waals surface area contributed by atoms with Gasteiger partial charge in [-0.3, -0.25) is 19.3 Å². The molecule has 0 aliphatic carbocycles. The Kier molecular flexibility index (Phi) is 15.4. The van der Waals surface area contributed by atoms with Crippen LogP contribution in [0.4, 0.5) is 0 Å². The topological polar surface area (TPSA) is 102 Å². The van der Waals surface area contributed by atoms with Gasteiger partial charge in [0.25, 0.3) is 5.91 Å². The van der Waals surface area contributed by atoms with E-state index >= 15 is 0 Å². The van der Waals surface area contributed by atoms with Gasteiger partial charge in [0, 0.05) is 6.61 Å². The second kappa shape index (κ2) is 18.5. The van der Waals surface area contributed by atoms with Crippen molar-refractivity contribution in [1.82, 2.24) is 10.2 Å². The summed E-state index contributed by atoms with van der Waals surface area (Å²) >= 11 is 1.33. The summed E-state index contributed by atoms with van der Waals surface area (Å²) in [5, 5.41) is 2.38. The number of nitrogens with one attached hydrogen (secondary N) is 1. The van der Waals surface area contributed by atoms with Crippen LogP contribution in [-0.2, 0) is 35.1 Å². The summed E-state index contributed by atoms with van der Waals surface area (Å²) in [6.07, 6.45) is 10.7. The highest BCUT2D eigenvalue weighted by molar-refractivity contribution is 8.00. The Labute approximate surface area is 281 Å². The maximum Gasteiger partial charge on any atom is 0.355 e. The number of Topliss-reactive ketones (excluding diaryl/α,β-unsaturated/α-hetero) is 1. The maximum absolute atomic E-state index is 14.4. The molecule has 2 fully saturated rings. The highest BCUT2D eigenvalue weighted by atomic mass is 32.2. The summed E-state index contributed by atoms with van der Waals surface area (Å²) in [6, 6.07) is 8.57. The highest BCUT2D eigenvalue weighted by Gasteiger charge is 2.54. The van der Waals surface area contributed by atoms with Gasteiger partial charge in [-0.15, -0.1) is 11.8 Å². The number of unbranched alkanes of at least 4 members (excludes halogenated alkanes) is 3. The molecule has 0 saturated carbocycles. The molecule has 2 aliphatic heterocycles. The number of likely N-dealkylation sites (tertiary alicyclic amines) is 1. The summed E-state index contributed by atoms with van der Waals surface area (Å²) in [5.41, 5.74) is 0.615. The van der Waals surface area contributed by atoms with Crippen molar-refractivity contribution >= 4 is 47.6 Å². The third kappa shape index (κ3) is 10.7. The van der Waals surface area contributed by atoms with Crippen molar-refractivity contribution in [2.45, 2.75) is 129 Å². The minimum Gasteiger partial charge on any atom is -0.455 e. The molecular formula is C36H57N2O6PS. The zero-order valence-corrected chi connectivity index (χ0v) is 30.7. The van der Waals surface area contributed by atoms with Crippen molar-refractivity contribution in [2.75, 3.05) is 30.8 Å². The van der Waals surface area contributed by atoms with Crippen LogP contribution in [0.25, 0.3) is 0 Å². The number of hydrogen-bond acceptors (Lipinski definition) is 7. The molecule has 2 saturated heterocycles. The Morgan fingerprint density at radius 1 is 0.978 bits per heavy atom. The Morgan fingerprint density at radius 2 is 1.59 bits per heavy atom. The molecule has 3 atom stereocenters. The van der Waals surface area contributed by atoms with Crippen molar-refractivity contribution in [1.29, 1.82) is 0 Å². The van der Waals surface area contributed by atoms with E-state index in [1.165, 1.54) is 11.8 Å². The number of β-lactam (4-membered cyclic amide) rings is 1. The number of amides is 2. The van der Waals surface area contributed by atoms with Crippen LogP contribution >= 0.6 is 18.6 Å². The standard InChI is InChI=1S/C36H57N2O6PS/c1-7-10-22-45(23-11-8-2,24-12-9-3)33(35(42)44-36(4,5)6)38-32(41)31(37-30(40)25-27-18-14-13-15-19-27)34(38)46-26-28(39)29-20-16-17-21-43-29/h13-15,18-19,29,31,34H,7-12,16-17,20-26H2,1-6H3,(H,37,40)/t29-,31-,34-/m1/s1. The molecule has 2 aliphatic rings. The number of thioether (sulfide) groups is 1. The van der Waals surface area contributed by atoms with E-state index in [1.54, 1.807) is 4.90 Å². The van der Waals surface area contributed by atoms with Crippen LogP contribution in [0, 0.1) is 0 Å². The van der Waals surface area contributed by atoms with Gasteiger partial charge in [-0.25, -0.2) is 4.79 Å². The van der Waals surface area contributed by atoms with Gasteiger partial charge in [-0.1, -0.05) is 77.3 Å². The van der Waals surface area contributed by atoms with Crippen molar-refractivity contribution in [3.05, 3.63) is 35.9 Å². The second-order valence-corrected chi connectivity index (χ2v) is 18.8. The monoisotopic (exact) mass is 676 g/mol. The van der Waals surface area contributed by atoms with E-state index < -0.39 is 36.0 Å². The van der Waals surface area contributed by atoms with Crippen LogP contribution in [0.2, 0.25) is 0 Å².